The van der Waals surface area contributed by atoms with Gasteiger partial charge in [0.15, 0.2) is 5.96 Å². The van der Waals surface area contributed by atoms with Gasteiger partial charge in [0.1, 0.15) is 23.3 Å². The lowest BCUT2D eigenvalue weighted by Gasteiger charge is -2.11. The van der Waals surface area contributed by atoms with Crippen LogP contribution >= 0.6 is 0 Å². The fraction of sp³-hybridized carbons (Fsp3) is 0.292. The number of hydrogen-bond acceptors (Lipinski definition) is 4. The van der Waals surface area contributed by atoms with Crippen molar-refractivity contribution in [3.8, 4) is 11.8 Å². The Hall–Kier alpha value is -3.86. The van der Waals surface area contributed by atoms with E-state index in [-0.39, 0.29) is 5.82 Å². The lowest BCUT2D eigenvalue weighted by atomic mass is 10.1. The van der Waals surface area contributed by atoms with E-state index in [2.05, 4.69) is 26.8 Å². The number of nitrogens with one attached hydrogen (secondary N) is 2. The van der Waals surface area contributed by atoms with Gasteiger partial charge in [0, 0.05) is 13.1 Å². The summed E-state index contributed by atoms with van der Waals surface area (Å²) in [6, 6.07) is 16.8. The first-order valence-electron chi connectivity index (χ1n) is 10.6. The first-order chi connectivity index (χ1) is 15.5. The SMILES string of the molecule is CCNC(=NCc1ccc(C)c(F)c1)NCCCc1nn(-c2ccccc2)c(N)c1C#N. The van der Waals surface area contributed by atoms with E-state index in [0.717, 1.165) is 17.7 Å². The molecule has 0 aliphatic carbocycles. The third-order valence-electron chi connectivity index (χ3n) is 4.99. The number of aliphatic imine (C=N–C) groups is 1. The number of nitrogen functional groups attached to an aromatic ring is 1. The second kappa shape index (κ2) is 11.0. The highest BCUT2D eigenvalue weighted by atomic mass is 19.1. The number of rotatable bonds is 8. The van der Waals surface area contributed by atoms with Crippen molar-refractivity contribution in [1.29, 1.82) is 5.26 Å². The summed E-state index contributed by atoms with van der Waals surface area (Å²) in [6.07, 6.45) is 1.34. The molecule has 0 saturated heterocycles. The largest absolute Gasteiger partial charge is 0.382 e. The monoisotopic (exact) mass is 433 g/mol. The molecule has 4 N–H and O–H groups in total. The molecule has 0 radical (unpaired) electrons. The normalized spacial score (nSPS) is 11.2. The third kappa shape index (κ3) is 5.64. The second-order valence-electron chi connectivity index (χ2n) is 7.38. The molecule has 0 bridgehead atoms. The Morgan fingerprint density at radius 1 is 1.22 bits per heavy atom. The summed E-state index contributed by atoms with van der Waals surface area (Å²) in [4.78, 5) is 4.53. The van der Waals surface area contributed by atoms with E-state index in [1.807, 2.05) is 43.3 Å². The third-order valence-corrected chi connectivity index (χ3v) is 4.99. The van der Waals surface area contributed by atoms with Gasteiger partial charge in [0.2, 0.25) is 0 Å². The standard InChI is InChI=1S/C24H28FN7/c1-3-28-24(30-16-18-12-11-17(2)21(25)14-18)29-13-7-10-22-20(15-26)23(27)32(31-22)19-8-5-4-6-9-19/h4-6,8-9,11-12,14H,3,7,10,13,16,27H2,1-2H3,(H2,28,29,30). The number of nitrogens with zero attached hydrogens (tertiary/aromatic N) is 4. The Morgan fingerprint density at radius 3 is 2.69 bits per heavy atom. The average Bonchev–Trinajstić information content (AvgIpc) is 3.12. The van der Waals surface area contributed by atoms with Crippen molar-refractivity contribution in [2.75, 3.05) is 18.8 Å². The lowest BCUT2D eigenvalue weighted by molar-refractivity contribution is 0.616. The molecule has 3 rings (SSSR count). The van der Waals surface area contributed by atoms with Gasteiger partial charge in [-0.2, -0.15) is 10.4 Å². The maximum absolute atomic E-state index is 13.7. The van der Waals surface area contributed by atoms with Gasteiger partial charge in [-0.05, 0) is 56.0 Å². The molecule has 1 aromatic heterocycles. The number of aromatic nitrogens is 2. The Bertz CT molecular complexity index is 1110. The van der Waals surface area contributed by atoms with Crippen molar-refractivity contribution < 1.29 is 4.39 Å². The van der Waals surface area contributed by atoms with Gasteiger partial charge in [0.05, 0.1) is 17.9 Å². The molecule has 8 heteroatoms. The summed E-state index contributed by atoms with van der Waals surface area (Å²) in [5.41, 5.74) is 9.50. The van der Waals surface area contributed by atoms with Gasteiger partial charge < -0.3 is 16.4 Å². The molecule has 0 fully saturated rings. The van der Waals surface area contributed by atoms with Gasteiger partial charge in [-0.15, -0.1) is 0 Å². The summed E-state index contributed by atoms with van der Waals surface area (Å²) in [6.45, 7) is 5.45. The highest BCUT2D eigenvalue weighted by Gasteiger charge is 2.16. The highest BCUT2D eigenvalue weighted by Crippen LogP contribution is 2.21. The van der Waals surface area contributed by atoms with Crippen molar-refractivity contribution in [3.63, 3.8) is 0 Å². The summed E-state index contributed by atoms with van der Waals surface area (Å²) in [7, 11) is 0. The topological polar surface area (TPSA) is 104 Å². The Labute approximate surface area is 187 Å². The van der Waals surface area contributed by atoms with Gasteiger partial charge in [-0.3, -0.25) is 0 Å². The summed E-state index contributed by atoms with van der Waals surface area (Å²) >= 11 is 0. The minimum absolute atomic E-state index is 0.224. The summed E-state index contributed by atoms with van der Waals surface area (Å²) < 4.78 is 15.3. The zero-order chi connectivity index (χ0) is 22.9. The van der Waals surface area contributed by atoms with E-state index >= 15 is 0 Å². The fourth-order valence-electron chi connectivity index (χ4n) is 3.25. The van der Waals surface area contributed by atoms with Crippen LogP contribution in [0, 0.1) is 24.1 Å². The van der Waals surface area contributed by atoms with Crippen molar-refractivity contribution in [2.45, 2.75) is 33.2 Å². The molecule has 3 aromatic rings. The van der Waals surface area contributed by atoms with Crippen LogP contribution in [0.4, 0.5) is 10.2 Å². The van der Waals surface area contributed by atoms with E-state index < -0.39 is 0 Å². The molecule has 0 saturated carbocycles. The van der Waals surface area contributed by atoms with Crippen LogP contribution in [0.25, 0.3) is 5.69 Å². The van der Waals surface area contributed by atoms with Gasteiger partial charge in [0.25, 0.3) is 0 Å². The van der Waals surface area contributed by atoms with Gasteiger partial charge in [-0.1, -0.05) is 30.3 Å². The molecule has 0 amide bonds. The van der Waals surface area contributed by atoms with Crippen LogP contribution in [0.3, 0.4) is 0 Å². The number of aryl methyl sites for hydroxylation is 2. The van der Waals surface area contributed by atoms with Crippen LogP contribution in [0.15, 0.2) is 53.5 Å². The molecule has 2 aromatic carbocycles. The van der Waals surface area contributed by atoms with Crippen LogP contribution in [0.1, 0.15) is 35.7 Å². The number of halogens is 1. The fourth-order valence-corrected chi connectivity index (χ4v) is 3.25. The molecule has 166 valence electrons. The van der Waals surface area contributed by atoms with E-state index in [0.29, 0.717) is 54.7 Å². The molecular weight excluding hydrogens is 405 g/mol. The van der Waals surface area contributed by atoms with Gasteiger partial charge in [-0.25, -0.2) is 14.1 Å². The molecule has 0 aliphatic rings. The predicted molar refractivity (Wildman–Crippen MR) is 125 cm³/mol. The molecule has 0 spiro atoms. The number of anilines is 1. The number of guanidine groups is 1. The Balaban J connectivity index is 1.60. The quantitative estimate of drug-likeness (QED) is 0.287. The summed E-state index contributed by atoms with van der Waals surface area (Å²) in [5, 5.41) is 20.6. The van der Waals surface area contributed by atoms with Crippen LogP contribution in [0.5, 0.6) is 0 Å². The van der Waals surface area contributed by atoms with E-state index in [9.17, 15) is 9.65 Å². The maximum atomic E-state index is 13.7. The van der Waals surface area contributed by atoms with Crippen LogP contribution in [0.2, 0.25) is 0 Å². The van der Waals surface area contributed by atoms with Crippen LogP contribution in [-0.2, 0) is 13.0 Å². The zero-order valence-electron chi connectivity index (χ0n) is 18.4. The number of para-hydroxylation sites is 1. The second-order valence-corrected chi connectivity index (χ2v) is 7.38. The van der Waals surface area contributed by atoms with E-state index in [1.165, 1.54) is 6.07 Å². The number of hydrogen-bond donors (Lipinski definition) is 3. The smallest absolute Gasteiger partial charge is 0.191 e. The first-order valence-corrected chi connectivity index (χ1v) is 10.6. The lowest BCUT2D eigenvalue weighted by Crippen LogP contribution is -2.37. The van der Waals surface area contributed by atoms with Crippen molar-refractivity contribution >= 4 is 11.8 Å². The Morgan fingerprint density at radius 2 is 2.00 bits per heavy atom. The summed E-state index contributed by atoms with van der Waals surface area (Å²) in [5.74, 6) is 0.781. The zero-order valence-corrected chi connectivity index (χ0v) is 18.4. The molecule has 32 heavy (non-hydrogen) atoms. The highest BCUT2D eigenvalue weighted by molar-refractivity contribution is 5.79. The molecular formula is C24H28FN7. The predicted octanol–water partition coefficient (Wildman–Crippen LogP) is 3.46. The first kappa shape index (κ1) is 22.8. The van der Waals surface area contributed by atoms with Crippen molar-refractivity contribution in [1.82, 2.24) is 20.4 Å². The van der Waals surface area contributed by atoms with Crippen molar-refractivity contribution in [2.24, 2.45) is 4.99 Å². The minimum Gasteiger partial charge on any atom is -0.382 e. The number of benzene rings is 2. The molecule has 0 unspecified atom stereocenters. The molecule has 7 nitrogen and oxygen atoms in total. The number of nitrogens with two attached hydrogens (primary N) is 1. The minimum atomic E-state index is -0.224. The van der Waals surface area contributed by atoms with E-state index in [4.69, 9.17) is 5.73 Å². The molecule has 0 atom stereocenters. The van der Waals surface area contributed by atoms with Crippen LogP contribution < -0.4 is 16.4 Å². The van der Waals surface area contributed by atoms with Gasteiger partial charge >= 0.3 is 0 Å². The Kier molecular flexibility index (Phi) is 7.81. The van der Waals surface area contributed by atoms with E-state index in [1.54, 1.807) is 17.7 Å². The molecule has 0 aliphatic heterocycles. The number of nitriles is 1. The van der Waals surface area contributed by atoms with Crippen LogP contribution in [-0.4, -0.2) is 28.8 Å². The van der Waals surface area contributed by atoms with Crippen molar-refractivity contribution in [3.05, 3.63) is 76.7 Å². The maximum Gasteiger partial charge on any atom is 0.191 e. The molecule has 1 heterocycles. The average molecular weight is 434 g/mol.